The van der Waals surface area contributed by atoms with Crippen molar-refractivity contribution in [2.24, 2.45) is 11.3 Å². The van der Waals surface area contributed by atoms with Gasteiger partial charge in [0, 0.05) is 23.4 Å². The Morgan fingerprint density at radius 3 is 2.67 bits per heavy atom. The fourth-order valence-corrected chi connectivity index (χ4v) is 5.31. The van der Waals surface area contributed by atoms with E-state index in [1.807, 2.05) is 25.3 Å². The van der Waals surface area contributed by atoms with Crippen LogP contribution in [0.25, 0.3) is 0 Å². The summed E-state index contributed by atoms with van der Waals surface area (Å²) in [7, 11) is 0. The molecule has 0 unspecified atom stereocenters. The molecule has 1 aromatic heterocycles. The molecule has 4 rings (SSSR count). The monoisotopic (exact) mass is 379 g/mol. The summed E-state index contributed by atoms with van der Waals surface area (Å²) >= 11 is 13.9. The molecule has 1 aliphatic carbocycles. The standard InChI is InChI=1S/C18H19Cl2N3S/c1-11-6-18(7-11)9-23(10-18)15-8-21-17(12(2)22-15)24-14-5-3-4-13(19)16(14)20/h3-5,8,11H,6-7,9-10H2,1-2H3. The molecule has 1 saturated heterocycles. The number of anilines is 1. The summed E-state index contributed by atoms with van der Waals surface area (Å²) < 4.78 is 0. The molecule has 0 radical (unpaired) electrons. The minimum absolute atomic E-state index is 0.560. The van der Waals surface area contributed by atoms with Gasteiger partial charge in [-0.15, -0.1) is 0 Å². The third-order valence-corrected chi connectivity index (χ3v) is 7.04. The number of halogens is 2. The molecular formula is C18H19Cl2N3S. The van der Waals surface area contributed by atoms with Gasteiger partial charge in [0.2, 0.25) is 0 Å². The van der Waals surface area contributed by atoms with Crippen LogP contribution in [0.1, 0.15) is 25.5 Å². The molecule has 0 atom stereocenters. The first kappa shape index (κ1) is 16.5. The minimum Gasteiger partial charge on any atom is -0.354 e. The average Bonchev–Trinajstić information content (AvgIpc) is 2.48. The average molecular weight is 380 g/mol. The molecule has 0 amide bonds. The van der Waals surface area contributed by atoms with Gasteiger partial charge in [-0.3, -0.25) is 0 Å². The first-order chi connectivity index (χ1) is 11.5. The SMILES string of the molecule is Cc1nc(N2CC3(CC(C)C3)C2)cnc1Sc1cccc(Cl)c1Cl. The van der Waals surface area contributed by atoms with Gasteiger partial charge in [-0.1, -0.05) is 48.0 Å². The Morgan fingerprint density at radius 2 is 2.00 bits per heavy atom. The van der Waals surface area contributed by atoms with Crippen molar-refractivity contribution in [3.63, 3.8) is 0 Å². The van der Waals surface area contributed by atoms with Crippen LogP contribution in [0.4, 0.5) is 5.82 Å². The van der Waals surface area contributed by atoms with E-state index in [0.717, 1.165) is 40.4 Å². The van der Waals surface area contributed by atoms with Gasteiger partial charge in [0.25, 0.3) is 0 Å². The van der Waals surface area contributed by atoms with Gasteiger partial charge in [0.1, 0.15) is 10.8 Å². The zero-order chi connectivity index (χ0) is 16.9. The van der Waals surface area contributed by atoms with Crippen molar-refractivity contribution in [1.29, 1.82) is 0 Å². The quantitative estimate of drug-likeness (QED) is 0.705. The van der Waals surface area contributed by atoms with Crippen molar-refractivity contribution in [1.82, 2.24) is 9.97 Å². The number of rotatable bonds is 3. The van der Waals surface area contributed by atoms with E-state index in [1.54, 1.807) is 6.07 Å². The highest BCUT2D eigenvalue weighted by Crippen LogP contribution is 2.52. The first-order valence-corrected chi connectivity index (χ1v) is 9.73. The van der Waals surface area contributed by atoms with Crippen LogP contribution in [0, 0.1) is 18.3 Å². The fraction of sp³-hybridized carbons (Fsp3) is 0.444. The molecule has 2 aliphatic rings. The van der Waals surface area contributed by atoms with E-state index in [2.05, 4.69) is 16.8 Å². The highest BCUT2D eigenvalue weighted by molar-refractivity contribution is 7.99. The van der Waals surface area contributed by atoms with Crippen LogP contribution in [0.15, 0.2) is 34.3 Å². The summed E-state index contributed by atoms with van der Waals surface area (Å²) in [5.74, 6) is 1.88. The Labute approximate surface area is 156 Å². The molecule has 0 N–H and O–H groups in total. The minimum atomic E-state index is 0.560. The van der Waals surface area contributed by atoms with Gasteiger partial charge in [0.05, 0.1) is 21.9 Å². The lowest BCUT2D eigenvalue weighted by molar-refractivity contribution is 0.0331. The van der Waals surface area contributed by atoms with E-state index in [-0.39, 0.29) is 0 Å². The van der Waals surface area contributed by atoms with E-state index in [1.165, 1.54) is 24.6 Å². The van der Waals surface area contributed by atoms with Gasteiger partial charge in [-0.05, 0) is 37.8 Å². The topological polar surface area (TPSA) is 29.0 Å². The molecule has 3 nitrogen and oxygen atoms in total. The van der Waals surface area contributed by atoms with Gasteiger partial charge in [-0.2, -0.15) is 0 Å². The van der Waals surface area contributed by atoms with Crippen LogP contribution >= 0.6 is 35.0 Å². The van der Waals surface area contributed by atoms with Gasteiger partial charge >= 0.3 is 0 Å². The van der Waals surface area contributed by atoms with Crippen molar-refractivity contribution in [2.75, 3.05) is 18.0 Å². The van der Waals surface area contributed by atoms with E-state index < -0.39 is 0 Å². The molecule has 126 valence electrons. The van der Waals surface area contributed by atoms with Crippen molar-refractivity contribution in [2.45, 2.75) is 36.6 Å². The molecule has 1 aromatic carbocycles. The second-order valence-corrected chi connectivity index (χ2v) is 8.96. The van der Waals surface area contributed by atoms with Crippen LogP contribution in [-0.2, 0) is 0 Å². The Bertz CT molecular complexity index is 782. The molecule has 1 saturated carbocycles. The number of benzene rings is 1. The summed E-state index contributed by atoms with van der Waals surface area (Å²) in [4.78, 5) is 12.6. The van der Waals surface area contributed by atoms with Crippen molar-refractivity contribution < 1.29 is 0 Å². The fourth-order valence-electron chi connectivity index (χ4n) is 3.98. The molecular weight excluding hydrogens is 361 g/mol. The lowest BCUT2D eigenvalue weighted by Gasteiger charge is -2.59. The maximum Gasteiger partial charge on any atom is 0.147 e. The number of aromatic nitrogens is 2. The lowest BCUT2D eigenvalue weighted by atomic mass is 9.58. The summed E-state index contributed by atoms with van der Waals surface area (Å²) in [5.41, 5.74) is 1.49. The van der Waals surface area contributed by atoms with E-state index in [4.69, 9.17) is 28.2 Å². The maximum absolute atomic E-state index is 6.27. The predicted molar refractivity (Wildman–Crippen MR) is 100 cm³/mol. The largest absolute Gasteiger partial charge is 0.354 e. The van der Waals surface area contributed by atoms with E-state index >= 15 is 0 Å². The molecule has 2 heterocycles. The number of aryl methyl sites for hydroxylation is 1. The summed E-state index contributed by atoms with van der Waals surface area (Å²) in [6.07, 6.45) is 4.59. The number of nitrogens with zero attached hydrogens (tertiary/aromatic N) is 3. The normalized spacial score (nSPS) is 19.2. The molecule has 2 fully saturated rings. The second-order valence-electron chi connectivity index (χ2n) is 7.14. The second kappa shape index (κ2) is 6.08. The van der Waals surface area contributed by atoms with Gasteiger partial charge in [-0.25, -0.2) is 9.97 Å². The van der Waals surface area contributed by atoms with Crippen LogP contribution in [0.3, 0.4) is 0 Å². The van der Waals surface area contributed by atoms with Gasteiger partial charge in [0.15, 0.2) is 0 Å². The van der Waals surface area contributed by atoms with Crippen LogP contribution in [-0.4, -0.2) is 23.1 Å². The predicted octanol–water partition coefficient (Wildman–Crippen LogP) is 5.48. The number of hydrogen-bond donors (Lipinski definition) is 0. The van der Waals surface area contributed by atoms with Crippen molar-refractivity contribution in [3.8, 4) is 0 Å². The highest BCUT2D eigenvalue weighted by Gasteiger charge is 2.51. The zero-order valence-corrected chi connectivity index (χ0v) is 16.0. The Morgan fingerprint density at radius 1 is 1.25 bits per heavy atom. The van der Waals surface area contributed by atoms with Crippen molar-refractivity contribution >= 4 is 40.8 Å². The van der Waals surface area contributed by atoms with Crippen LogP contribution in [0.2, 0.25) is 10.0 Å². The third kappa shape index (κ3) is 2.89. The third-order valence-electron chi connectivity index (χ3n) is 4.95. The molecule has 24 heavy (non-hydrogen) atoms. The Hall–Kier alpha value is -0.970. The molecule has 1 spiro atoms. The molecule has 1 aliphatic heterocycles. The van der Waals surface area contributed by atoms with E-state index in [9.17, 15) is 0 Å². The van der Waals surface area contributed by atoms with Gasteiger partial charge < -0.3 is 4.90 Å². The maximum atomic E-state index is 6.27. The molecule has 2 aromatic rings. The van der Waals surface area contributed by atoms with E-state index in [0.29, 0.717) is 15.5 Å². The summed E-state index contributed by atoms with van der Waals surface area (Å²) in [5, 5.41) is 2.00. The lowest BCUT2D eigenvalue weighted by Crippen LogP contribution is -2.62. The summed E-state index contributed by atoms with van der Waals surface area (Å²) in [6.45, 7) is 6.58. The Balaban J connectivity index is 1.48. The summed E-state index contributed by atoms with van der Waals surface area (Å²) in [6, 6.07) is 5.63. The Kier molecular flexibility index (Phi) is 4.18. The zero-order valence-electron chi connectivity index (χ0n) is 13.7. The van der Waals surface area contributed by atoms with Crippen LogP contribution < -0.4 is 4.90 Å². The molecule has 6 heteroatoms. The van der Waals surface area contributed by atoms with Crippen molar-refractivity contribution in [3.05, 3.63) is 40.1 Å². The van der Waals surface area contributed by atoms with Crippen LogP contribution in [0.5, 0.6) is 0 Å². The molecule has 0 bridgehead atoms. The number of hydrogen-bond acceptors (Lipinski definition) is 4. The highest BCUT2D eigenvalue weighted by atomic mass is 35.5. The first-order valence-electron chi connectivity index (χ1n) is 8.16. The smallest absolute Gasteiger partial charge is 0.147 e.